The van der Waals surface area contributed by atoms with E-state index in [1.165, 1.54) is 19.2 Å². The molecule has 2 aromatic carbocycles. The van der Waals surface area contributed by atoms with Gasteiger partial charge in [0.2, 0.25) is 0 Å². The lowest BCUT2D eigenvalue weighted by atomic mass is 10.0. The molecule has 0 saturated carbocycles. The van der Waals surface area contributed by atoms with Crippen LogP contribution in [0.1, 0.15) is 22.3 Å². The molecule has 27 heavy (non-hydrogen) atoms. The summed E-state index contributed by atoms with van der Waals surface area (Å²) >= 11 is 0. The maximum absolute atomic E-state index is 14.1. The molecule has 0 spiro atoms. The minimum Gasteiger partial charge on any atom is -0.496 e. The van der Waals surface area contributed by atoms with Gasteiger partial charge in [-0.25, -0.2) is 4.39 Å². The van der Waals surface area contributed by atoms with Gasteiger partial charge in [0.15, 0.2) is 0 Å². The van der Waals surface area contributed by atoms with Gasteiger partial charge in [0.25, 0.3) is 5.91 Å². The second-order valence-electron chi connectivity index (χ2n) is 6.22. The Labute approximate surface area is 156 Å². The molecule has 1 amide bonds. The van der Waals surface area contributed by atoms with E-state index in [-0.39, 0.29) is 24.0 Å². The first-order valence-corrected chi connectivity index (χ1v) is 8.70. The molecule has 2 atom stereocenters. The van der Waals surface area contributed by atoms with Crippen molar-refractivity contribution in [3.8, 4) is 11.5 Å². The first-order valence-electron chi connectivity index (χ1n) is 8.70. The molecule has 3 rings (SSSR count). The van der Waals surface area contributed by atoms with Gasteiger partial charge in [-0.15, -0.1) is 0 Å². The van der Waals surface area contributed by atoms with Gasteiger partial charge in [0.05, 0.1) is 26.4 Å². The molecule has 1 aliphatic heterocycles. The third-order valence-electron chi connectivity index (χ3n) is 4.44. The van der Waals surface area contributed by atoms with E-state index in [9.17, 15) is 9.18 Å². The van der Waals surface area contributed by atoms with Crippen molar-refractivity contribution in [3.05, 3.63) is 59.4 Å². The lowest BCUT2D eigenvalue weighted by molar-refractivity contribution is -0.0135. The fourth-order valence-corrected chi connectivity index (χ4v) is 2.98. The molecule has 6 nitrogen and oxygen atoms in total. The van der Waals surface area contributed by atoms with Gasteiger partial charge in [-0.2, -0.15) is 0 Å². The van der Waals surface area contributed by atoms with Crippen molar-refractivity contribution in [3.63, 3.8) is 0 Å². The van der Waals surface area contributed by atoms with Gasteiger partial charge < -0.3 is 24.6 Å². The van der Waals surface area contributed by atoms with Crippen LogP contribution in [0, 0.1) is 5.82 Å². The monoisotopic (exact) mass is 375 g/mol. The van der Waals surface area contributed by atoms with Crippen LogP contribution in [0.25, 0.3) is 0 Å². The van der Waals surface area contributed by atoms with Crippen molar-refractivity contribution in [1.29, 1.82) is 0 Å². The molecule has 0 aromatic heterocycles. The molecule has 0 bridgehead atoms. The van der Waals surface area contributed by atoms with E-state index in [1.807, 2.05) is 0 Å². The second kappa shape index (κ2) is 8.83. The fraction of sp³-hybridized carbons (Fsp3) is 0.350. The van der Waals surface area contributed by atoms with Gasteiger partial charge >= 0.3 is 0 Å². The predicted molar refractivity (Wildman–Crippen MR) is 96.4 cm³/mol. The first kappa shape index (κ1) is 19.1. The molecule has 2 aromatic rings. The molecule has 2 N–H and O–H groups in total. The highest BCUT2D eigenvalue weighted by Gasteiger charge is 2.30. The number of halogens is 1. The van der Waals surface area contributed by atoms with Crippen LogP contribution in [0.15, 0.2) is 42.5 Å². The molecule has 0 aliphatic carbocycles. The van der Waals surface area contributed by atoms with E-state index >= 15 is 0 Å². The van der Waals surface area contributed by atoms with Crippen LogP contribution in [0.4, 0.5) is 4.39 Å². The number of hydrogen-bond donors (Lipinski definition) is 2. The number of aliphatic hydroxyl groups excluding tert-OH is 1. The number of benzene rings is 2. The van der Waals surface area contributed by atoms with Crippen LogP contribution in [0.3, 0.4) is 0 Å². The SMILES string of the molecule is COc1cccc(F)c1C(=O)NC1CCOCC1Oc1ccc(CO)cc1. The summed E-state index contributed by atoms with van der Waals surface area (Å²) in [4.78, 5) is 12.6. The zero-order chi connectivity index (χ0) is 19.2. The van der Waals surface area contributed by atoms with Crippen molar-refractivity contribution in [2.45, 2.75) is 25.2 Å². The van der Waals surface area contributed by atoms with Crippen LogP contribution in [0.5, 0.6) is 11.5 Å². The van der Waals surface area contributed by atoms with Gasteiger partial charge in [-0.1, -0.05) is 18.2 Å². The van der Waals surface area contributed by atoms with Crippen LogP contribution in [-0.2, 0) is 11.3 Å². The summed E-state index contributed by atoms with van der Waals surface area (Å²) in [6, 6.07) is 10.9. The average molecular weight is 375 g/mol. The number of rotatable bonds is 6. The summed E-state index contributed by atoms with van der Waals surface area (Å²) < 4.78 is 30.7. The van der Waals surface area contributed by atoms with Crippen molar-refractivity contribution in [2.24, 2.45) is 0 Å². The Balaban J connectivity index is 1.72. The van der Waals surface area contributed by atoms with Crippen LogP contribution >= 0.6 is 0 Å². The zero-order valence-electron chi connectivity index (χ0n) is 15.0. The van der Waals surface area contributed by atoms with E-state index < -0.39 is 17.8 Å². The highest BCUT2D eigenvalue weighted by atomic mass is 19.1. The Bertz CT molecular complexity index is 780. The Morgan fingerprint density at radius 1 is 1.30 bits per heavy atom. The number of nitrogens with one attached hydrogen (secondary N) is 1. The molecule has 0 radical (unpaired) electrons. The number of hydrogen-bond acceptors (Lipinski definition) is 5. The third kappa shape index (κ3) is 4.56. The normalized spacial score (nSPS) is 19.4. The second-order valence-corrected chi connectivity index (χ2v) is 6.22. The molecule has 7 heteroatoms. The quantitative estimate of drug-likeness (QED) is 0.810. The molecule has 1 fully saturated rings. The smallest absolute Gasteiger partial charge is 0.258 e. The van der Waals surface area contributed by atoms with Crippen molar-refractivity contribution in [1.82, 2.24) is 5.32 Å². The molecule has 144 valence electrons. The number of methoxy groups -OCH3 is 1. The minimum absolute atomic E-state index is 0.0457. The van der Waals surface area contributed by atoms with E-state index in [0.717, 1.165) is 5.56 Å². The Morgan fingerprint density at radius 2 is 2.07 bits per heavy atom. The van der Waals surface area contributed by atoms with Gasteiger partial charge in [0.1, 0.15) is 29.0 Å². The highest BCUT2D eigenvalue weighted by Crippen LogP contribution is 2.23. The molecule has 1 aliphatic rings. The summed E-state index contributed by atoms with van der Waals surface area (Å²) in [7, 11) is 1.39. The Hall–Kier alpha value is -2.64. The van der Waals surface area contributed by atoms with Crippen molar-refractivity contribution >= 4 is 5.91 Å². The first-order chi connectivity index (χ1) is 13.1. The maximum Gasteiger partial charge on any atom is 0.258 e. The highest BCUT2D eigenvalue weighted by molar-refractivity contribution is 5.97. The minimum atomic E-state index is -0.643. The summed E-state index contributed by atoms with van der Waals surface area (Å²) in [5.74, 6) is -0.418. The number of ether oxygens (including phenoxy) is 3. The summed E-state index contributed by atoms with van der Waals surface area (Å²) in [5.41, 5.74) is 0.649. The zero-order valence-corrected chi connectivity index (χ0v) is 15.0. The van der Waals surface area contributed by atoms with Gasteiger partial charge in [0, 0.05) is 6.61 Å². The topological polar surface area (TPSA) is 77.0 Å². The van der Waals surface area contributed by atoms with Crippen molar-refractivity contribution in [2.75, 3.05) is 20.3 Å². The third-order valence-corrected chi connectivity index (χ3v) is 4.44. The number of aliphatic hydroxyl groups is 1. The van der Waals surface area contributed by atoms with E-state index in [0.29, 0.717) is 25.4 Å². The standard InChI is InChI=1S/C20H22FNO5/c1-25-17-4-2-3-15(21)19(17)20(24)22-16-9-10-26-12-18(16)27-14-7-5-13(11-23)6-8-14/h2-8,16,18,23H,9-12H2,1H3,(H,22,24). The van der Waals surface area contributed by atoms with Crippen LogP contribution in [-0.4, -0.2) is 43.5 Å². The molecule has 1 saturated heterocycles. The summed E-state index contributed by atoms with van der Waals surface area (Å²) in [5, 5.41) is 12.0. The number of carbonyl (C=O) groups is 1. The molecular weight excluding hydrogens is 353 g/mol. The largest absolute Gasteiger partial charge is 0.496 e. The predicted octanol–water partition coefficient (Wildman–Crippen LogP) is 2.29. The molecule has 2 unspecified atom stereocenters. The Kier molecular flexibility index (Phi) is 6.26. The maximum atomic E-state index is 14.1. The van der Waals surface area contributed by atoms with E-state index in [2.05, 4.69) is 5.32 Å². The molecular formula is C20H22FNO5. The average Bonchev–Trinajstić information content (AvgIpc) is 2.69. The fourth-order valence-electron chi connectivity index (χ4n) is 2.98. The van der Waals surface area contributed by atoms with Gasteiger partial charge in [-0.3, -0.25) is 4.79 Å². The van der Waals surface area contributed by atoms with Crippen molar-refractivity contribution < 1.29 is 28.5 Å². The van der Waals surface area contributed by atoms with E-state index in [4.69, 9.17) is 19.3 Å². The lowest BCUT2D eigenvalue weighted by Crippen LogP contribution is -2.51. The van der Waals surface area contributed by atoms with Crippen LogP contribution in [0.2, 0.25) is 0 Å². The number of amides is 1. The van der Waals surface area contributed by atoms with Crippen LogP contribution < -0.4 is 14.8 Å². The Morgan fingerprint density at radius 3 is 2.78 bits per heavy atom. The summed E-state index contributed by atoms with van der Waals surface area (Å²) in [6.45, 7) is 0.736. The summed E-state index contributed by atoms with van der Waals surface area (Å²) in [6.07, 6.45) is 0.127. The van der Waals surface area contributed by atoms with E-state index in [1.54, 1.807) is 30.3 Å². The molecule has 1 heterocycles. The number of carbonyl (C=O) groups excluding carboxylic acids is 1. The van der Waals surface area contributed by atoms with Gasteiger partial charge in [-0.05, 0) is 36.2 Å². The lowest BCUT2D eigenvalue weighted by Gasteiger charge is -2.32.